The number of ketones is 1. The molecule has 6 rings (SSSR count). The number of ether oxygens (including phenoxy) is 2. The molecule has 0 N–H and O–H groups in total. The second-order valence-electron chi connectivity index (χ2n) is 8.29. The summed E-state index contributed by atoms with van der Waals surface area (Å²) in [5.74, 6) is -2.79. The summed E-state index contributed by atoms with van der Waals surface area (Å²) in [7, 11) is 0. The molecule has 4 aromatic rings. The number of carbonyl (C=O) groups is 5. The minimum Gasteiger partial charge on any atom is -0.386 e. The smallest absolute Gasteiger partial charge is 0.348 e. The lowest BCUT2D eigenvalue weighted by Crippen LogP contribution is -2.01. The molecule has 0 saturated carbocycles. The van der Waals surface area contributed by atoms with Gasteiger partial charge in [-0.1, -0.05) is 35.7 Å². The Balaban J connectivity index is 1.17. The average molecular weight is 539 g/mol. The summed E-state index contributed by atoms with van der Waals surface area (Å²) in [5, 5.41) is 0. The van der Waals surface area contributed by atoms with Crippen LogP contribution in [-0.4, -0.2) is 29.7 Å². The Morgan fingerprint density at radius 2 is 0.895 bits per heavy atom. The number of hydrogen-bond acceptors (Lipinski definition) is 9. The van der Waals surface area contributed by atoms with Gasteiger partial charge in [-0.25, -0.2) is 19.2 Å². The number of hydrogen-bond donors (Lipinski definition) is 0. The van der Waals surface area contributed by atoms with Crippen LogP contribution < -0.4 is 0 Å². The van der Waals surface area contributed by atoms with Crippen LogP contribution in [0.5, 0.6) is 0 Å². The van der Waals surface area contributed by atoms with Crippen molar-refractivity contribution in [1.82, 2.24) is 0 Å². The van der Waals surface area contributed by atoms with E-state index in [9.17, 15) is 24.0 Å². The maximum absolute atomic E-state index is 13.0. The fourth-order valence-electron chi connectivity index (χ4n) is 4.14. The van der Waals surface area contributed by atoms with Crippen LogP contribution in [0.2, 0.25) is 0 Å². The molecule has 38 heavy (non-hydrogen) atoms. The number of benzene rings is 4. The normalized spacial score (nSPS) is 13.7. The van der Waals surface area contributed by atoms with Crippen LogP contribution in [0.15, 0.2) is 105 Å². The van der Waals surface area contributed by atoms with Crippen molar-refractivity contribution in [2.45, 2.75) is 19.6 Å². The predicted octanol–water partition coefficient (Wildman–Crippen LogP) is 5.84. The molecule has 0 saturated heterocycles. The van der Waals surface area contributed by atoms with Gasteiger partial charge in [-0.05, 0) is 72.8 Å². The summed E-state index contributed by atoms with van der Waals surface area (Å²) >= 11 is 2.61. The van der Waals surface area contributed by atoms with E-state index in [0.717, 1.165) is 9.79 Å². The van der Waals surface area contributed by atoms with Crippen LogP contribution >= 0.6 is 23.5 Å². The van der Waals surface area contributed by atoms with Crippen molar-refractivity contribution >= 4 is 53.2 Å². The number of rotatable bonds is 6. The number of esters is 4. The van der Waals surface area contributed by atoms with E-state index in [0.29, 0.717) is 20.9 Å². The van der Waals surface area contributed by atoms with Gasteiger partial charge in [0.1, 0.15) is 0 Å². The molecule has 7 nitrogen and oxygen atoms in total. The molecular weight excluding hydrogens is 524 g/mol. The van der Waals surface area contributed by atoms with Crippen molar-refractivity contribution in [2.24, 2.45) is 0 Å². The molecule has 0 aliphatic carbocycles. The quantitative estimate of drug-likeness (QED) is 0.170. The summed E-state index contributed by atoms with van der Waals surface area (Å²) in [4.78, 5) is 63.5. The summed E-state index contributed by atoms with van der Waals surface area (Å²) in [6.07, 6.45) is 0. The third kappa shape index (κ3) is 4.21. The van der Waals surface area contributed by atoms with Crippen molar-refractivity contribution in [2.75, 3.05) is 0 Å². The minimum atomic E-state index is -0.661. The van der Waals surface area contributed by atoms with E-state index in [1.165, 1.54) is 23.5 Å². The number of fused-ring (bicyclic) bond motifs is 2. The van der Waals surface area contributed by atoms with Gasteiger partial charge >= 0.3 is 23.9 Å². The van der Waals surface area contributed by atoms with Gasteiger partial charge < -0.3 is 9.47 Å². The van der Waals surface area contributed by atoms with Crippen molar-refractivity contribution in [1.29, 1.82) is 0 Å². The summed E-state index contributed by atoms with van der Waals surface area (Å²) in [5.41, 5.74) is 1.99. The second kappa shape index (κ2) is 9.44. The molecule has 0 bridgehead atoms. The third-order valence-corrected chi connectivity index (χ3v) is 8.10. The fraction of sp³-hybridized carbons (Fsp3) is 0. The molecule has 2 aliphatic heterocycles. The molecule has 4 aromatic carbocycles. The Morgan fingerprint density at radius 1 is 0.500 bits per heavy atom. The topological polar surface area (TPSA) is 104 Å². The van der Waals surface area contributed by atoms with Crippen molar-refractivity contribution in [3.8, 4) is 0 Å². The Kier molecular flexibility index (Phi) is 5.94. The van der Waals surface area contributed by atoms with Gasteiger partial charge in [0.15, 0.2) is 5.78 Å². The molecule has 184 valence electrons. The van der Waals surface area contributed by atoms with Gasteiger partial charge in [-0.2, -0.15) is 0 Å². The molecule has 0 aromatic heterocycles. The Bertz CT molecular complexity index is 1560. The molecule has 0 atom stereocenters. The van der Waals surface area contributed by atoms with Crippen molar-refractivity contribution in [3.63, 3.8) is 0 Å². The van der Waals surface area contributed by atoms with E-state index >= 15 is 0 Å². The first-order valence-corrected chi connectivity index (χ1v) is 12.9. The van der Waals surface area contributed by atoms with Crippen molar-refractivity contribution < 1.29 is 33.4 Å². The van der Waals surface area contributed by atoms with Gasteiger partial charge in [-0.3, -0.25) is 4.79 Å². The molecule has 0 radical (unpaired) electrons. The highest BCUT2D eigenvalue weighted by Crippen LogP contribution is 2.37. The Morgan fingerprint density at radius 3 is 1.29 bits per heavy atom. The number of carbonyl (C=O) groups excluding carboxylic acids is 5. The van der Waals surface area contributed by atoms with Gasteiger partial charge in [0, 0.05) is 30.7 Å². The summed E-state index contributed by atoms with van der Waals surface area (Å²) in [6, 6.07) is 23.9. The Hall–Kier alpha value is -4.47. The molecule has 2 aliphatic rings. The fourth-order valence-corrected chi connectivity index (χ4v) is 6.08. The SMILES string of the molecule is O=C(c1ccc(Sc2cccc3c2C(=O)OC3=O)cc1)c1ccc(Sc2cccc3c2C(=O)OC3=O)cc1. The molecule has 0 fully saturated rings. The average Bonchev–Trinajstić information content (AvgIpc) is 3.39. The first-order chi connectivity index (χ1) is 18.4. The molecule has 0 amide bonds. The monoisotopic (exact) mass is 538 g/mol. The van der Waals surface area contributed by atoms with Crippen LogP contribution in [0.4, 0.5) is 0 Å². The summed E-state index contributed by atoms with van der Waals surface area (Å²) in [6.45, 7) is 0. The molecule has 0 spiro atoms. The second-order valence-corrected chi connectivity index (χ2v) is 10.5. The zero-order chi connectivity index (χ0) is 26.4. The van der Waals surface area contributed by atoms with Crippen LogP contribution in [0.1, 0.15) is 57.4 Å². The highest BCUT2D eigenvalue weighted by atomic mass is 32.2. The minimum absolute atomic E-state index is 0.164. The lowest BCUT2D eigenvalue weighted by molar-refractivity contribution is 0.0424. The van der Waals surface area contributed by atoms with Crippen LogP contribution in [-0.2, 0) is 9.47 Å². The lowest BCUT2D eigenvalue weighted by atomic mass is 10.0. The van der Waals surface area contributed by atoms with Gasteiger partial charge in [0.2, 0.25) is 0 Å². The third-order valence-electron chi connectivity index (χ3n) is 5.96. The zero-order valence-corrected chi connectivity index (χ0v) is 20.9. The van der Waals surface area contributed by atoms with E-state index in [-0.39, 0.29) is 28.0 Å². The predicted molar refractivity (Wildman–Crippen MR) is 137 cm³/mol. The molecular formula is C29H14O7S2. The highest BCUT2D eigenvalue weighted by Gasteiger charge is 2.33. The van der Waals surface area contributed by atoms with Gasteiger partial charge in [-0.15, -0.1) is 0 Å². The zero-order valence-electron chi connectivity index (χ0n) is 19.3. The van der Waals surface area contributed by atoms with E-state index in [1.54, 1.807) is 84.9 Å². The van der Waals surface area contributed by atoms with E-state index in [1.807, 2.05) is 0 Å². The molecule has 0 unspecified atom stereocenters. The molecule has 9 heteroatoms. The van der Waals surface area contributed by atoms with Crippen molar-refractivity contribution in [3.05, 3.63) is 118 Å². The first kappa shape index (κ1) is 23.9. The van der Waals surface area contributed by atoms with Crippen LogP contribution in [0.3, 0.4) is 0 Å². The van der Waals surface area contributed by atoms with E-state index in [2.05, 4.69) is 0 Å². The van der Waals surface area contributed by atoms with Gasteiger partial charge in [0.25, 0.3) is 0 Å². The van der Waals surface area contributed by atoms with E-state index in [4.69, 9.17) is 9.47 Å². The van der Waals surface area contributed by atoms with Crippen LogP contribution in [0.25, 0.3) is 0 Å². The highest BCUT2D eigenvalue weighted by molar-refractivity contribution is 7.99. The van der Waals surface area contributed by atoms with Gasteiger partial charge in [0.05, 0.1) is 22.3 Å². The molecule has 2 heterocycles. The maximum Gasteiger partial charge on any atom is 0.348 e. The van der Waals surface area contributed by atoms with Crippen LogP contribution in [0, 0.1) is 0 Å². The maximum atomic E-state index is 13.0. The number of cyclic esters (lactones) is 4. The lowest BCUT2D eigenvalue weighted by Gasteiger charge is -2.07. The standard InChI is InChI=1S/C29H14O7S2/c30-25(15-7-11-17(12-8-15)37-21-5-1-3-19-23(21)28(33)35-26(19)31)16-9-13-18(14-10-16)38-22-6-2-4-20-24(22)29(34)36-27(20)32/h1-14H. The largest absolute Gasteiger partial charge is 0.386 e. The Labute approximate surface area is 224 Å². The first-order valence-electron chi connectivity index (χ1n) is 11.3. The summed E-state index contributed by atoms with van der Waals surface area (Å²) < 4.78 is 9.42. The van der Waals surface area contributed by atoms with E-state index < -0.39 is 23.9 Å².